The van der Waals surface area contributed by atoms with E-state index in [1.807, 2.05) is 0 Å². The van der Waals surface area contributed by atoms with Crippen LogP contribution in [-0.2, 0) is 4.74 Å². The van der Waals surface area contributed by atoms with Gasteiger partial charge in [-0.25, -0.2) is 14.8 Å². The van der Waals surface area contributed by atoms with Crippen LogP contribution in [0.2, 0.25) is 0 Å². The second-order valence-electron chi connectivity index (χ2n) is 3.82. The number of aromatic nitrogens is 2. The lowest BCUT2D eigenvalue weighted by Crippen LogP contribution is -2.15. The Morgan fingerprint density at radius 2 is 2.18 bits per heavy atom. The van der Waals surface area contributed by atoms with Gasteiger partial charge in [0.25, 0.3) is 0 Å². The molecule has 0 spiro atoms. The molecule has 0 saturated heterocycles. The molecule has 0 atom stereocenters. The molecule has 1 rings (SSSR count). The largest absolute Gasteiger partial charge is 0.463 e. The SMILES string of the molecule is CCC(CC)CNc1ccnc(C(=O)OC)n1. The highest BCUT2D eigenvalue weighted by Crippen LogP contribution is 2.09. The zero-order chi connectivity index (χ0) is 12.7. The summed E-state index contributed by atoms with van der Waals surface area (Å²) in [4.78, 5) is 19.2. The number of rotatable bonds is 6. The molecule has 1 aromatic heterocycles. The first kappa shape index (κ1) is 13.4. The summed E-state index contributed by atoms with van der Waals surface area (Å²) in [6, 6.07) is 1.74. The van der Waals surface area contributed by atoms with E-state index >= 15 is 0 Å². The van der Waals surface area contributed by atoms with Crippen LogP contribution < -0.4 is 5.32 Å². The first-order valence-corrected chi connectivity index (χ1v) is 5.86. The first-order chi connectivity index (χ1) is 8.21. The molecule has 0 bridgehead atoms. The van der Waals surface area contributed by atoms with E-state index in [9.17, 15) is 4.79 Å². The summed E-state index contributed by atoms with van der Waals surface area (Å²) >= 11 is 0. The maximum Gasteiger partial charge on any atom is 0.376 e. The summed E-state index contributed by atoms with van der Waals surface area (Å²) in [5.74, 6) is 0.845. The fourth-order valence-electron chi connectivity index (χ4n) is 1.47. The number of anilines is 1. The lowest BCUT2D eigenvalue weighted by molar-refractivity contribution is 0.0587. The zero-order valence-corrected chi connectivity index (χ0v) is 10.6. The fourth-order valence-corrected chi connectivity index (χ4v) is 1.47. The summed E-state index contributed by atoms with van der Waals surface area (Å²) < 4.78 is 4.57. The number of hydrogen-bond donors (Lipinski definition) is 1. The molecule has 0 unspecified atom stereocenters. The minimum Gasteiger partial charge on any atom is -0.463 e. The molecule has 0 aliphatic rings. The number of hydrogen-bond acceptors (Lipinski definition) is 5. The number of nitrogens with zero attached hydrogens (tertiary/aromatic N) is 2. The molecule has 0 fully saturated rings. The van der Waals surface area contributed by atoms with Crippen LogP contribution in [0, 0.1) is 5.92 Å². The normalized spacial score (nSPS) is 10.4. The summed E-state index contributed by atoms with van der Waals surface area (Å²) in [6.07, 6.45) is 3.80. The number of nitrogens with one attached hydrogen (secondary N) is 1. The van der Waals surface area contributed by atoms with Gasteiger partial charge in [0.05, 0.1) is 7.11 Å². The third kappa shape index (κ3) is 4.01. The standard InChI is InChI=1S/C12H19N3O2/c1-4-9(5-2)8-14-10-6-7-13-11(15-10)12(16)17-3/h6-7,9H,4-5,8H2,1-3H3,(H,13,14,15). The Morgan fingerprint density at radius 1 is 1.47 bits per heavy atom. The molecule has 94 valence electrons. The van der Waals surface area contributed by atoms with Crippen LogP contribution >= 0.6 is 0 Å². The highest BCUT2D eigenvalue weighted by molar-refractivity contribution is 5.85. The third-order valence-electron chi connectivity index (χ3n) is 2.75. The first-order valence-electron chi connectivity index (χ1n) is 5.86. The van der Waals surface area contributed by atoms with Gasteiger partial charge in [-0.1, -0.05) is 26.7 Å². The van der Waals surface area contributed by atoms with Gasteiger partial charge < -0.3 is 10.1 Å². The molecule has 0 aliphatic carbocycles. The van der Waals surface area contributed by atoms with Gasteiger partial charge in [-0.15, -0.1) is 0 Å². The van der Waals surface area contributed by atoms with Gasteiger partial charge in [0.2, 0.25) is 5.82 Å². The second kappa shape index (κ2) is 6.83. The van der Waals surface area contributed by atoms with Crippen LogP contribution in [0.1, 0.15) is 37.3 Å². The Hall–Kier alpha value is -1.65. The highest BCUT2D eigenvalue weighted by atomic mass is 16.5. The predicted octanol–water partition coefficient (Wildman–Crippen LogP) is 2.11. The summed E-state index contributed by atoms with van der Waals surface area (Å²) in [5.41, 5.74) is 0. The lowest BCUT2D eigenvalue weighted by atomic mass is 10.0. The van der Waals surface area contributed by atoms with Crippen LogP contribution in [0.5, 0.6) is 0 Å². The smallest absolute Gasteiger partial charge is 0.376 e. The second-order valence-corrected chi connectivity index (χ2v) is 3.82. The van der Waals surface area contributed by atoms with E-state index in [4.69, 9.17) is 0 Å². The molecule has 5 heteroatoms. The van der Waals surface area contributed by atoms with Crippen molar-refractivity contribution < 1.29 is 9.53 Å². The van der Waals surface area contributed by atoms with E-state index in [2.05, 4.69) is 33.9 Å². The molecular weight excluding hydrogens is 218 g/mol. The average Bonchev–Trinajstić information content (AvgIpc) is 2.39. The molecule has 0 aliphatic heterocycles. The lowest BCUT2D eigenvalue weighted by Gasteiger charge is -2.13. The molecule has 1 aromatic rings. The predicted molar refractivity (Wildman–Crippen MR) is 65.9 cm³/mol. The molecule has 5 nitrogen and oxygen atoms in total. The van der Waals surface area contributed by atoms with Gasteiger partial charge in [-0.2, -0.15) is 0 Å². The Morgan fingerprint density at radius 3 is 2.76 bits per heavy atom. The van der Waals surface area contributed by atoms with Crippen LogP contribution in [0.15, 0.2) is 12.3 Å². The third-order valence-corrected chi connectivity index (χ3v) is 2.75. The molecule has 1 heterocycles. The maximum atomic E-state index is 11.2. The van der Waals surface area contributed by atoms with Gasteiger partial charge >= 0.3 is 5.97 Å². The highest BCUT2D eigenvalue weighted by Gasteiger charge is 2.10. The van der Waals surface area contributed by atoms with Gasteiger partial charge in [0.15, 0.2) is 0 Å². The molecule has 17 heavy (non-hydrogen) atoms. The van der Waals surface area contributed by atoms with Crippen LogP contribution in [0.25, 0.3) is 0 Å². The van der Waals surface area contributed by atoms with E-state index in [1.54, 1.807) is 12.3 Å². The van der Waals surface area contributed by atoms with Crippen molar-refractivity contribution in [1.29, 1.82) is 0 Å². The summed E-state index contributed by atoms with van der Waals surface area (Å²) in [6.45, 7) is 5.18. The Labute approximate surface area is 102 Å². The van der Waals surface area contributed by atoms with Gasteiger partial charge in [0.1, 0.15) is 5.82 Å². The van der Waals surface area contributed by atoms with Crippen molar-refractivity contribution in [3.05, 3.63) is 18.1 Å². The number of methoxy groups -OCH3 is 1. The fraction of sp³-hybridized carbons (Fsp3) is 0.583. The van der Waals surface area contributed by atoms with Gasteiger partial charge in [-0.3, -0.25) is 0 Å². The minimum absolute atomic E-state index is 0.0852. The number of ether oxygens (including phenoxy) is 1. The summed E-state index contributed by atoms with van der Waals surface area (Å²) in [5, 5.41) is 3.21. The van der Waals surface area contributed by atoms with Gasteiger partial charge in [-0.05, 0) is 12.0 Å². The molecule has 1 N–H and O–H groups in total. The van der Waals surface area contributed by atoms with Crippen molar-refractivity contribution in [2.45, 2.75) is 26.7 Å². The molecular formula is C12H19N3O2. The van der Waals surface area contributed by atoms with Crippen molar-refractivity contribution in [2.75, 3.05) is 19.0 Å². The topological polar surface area (TPSA) is 64.1 Å². The van der Waals surface area contributed by atoms with Crippen molar-refractivity contribution in [1.82, 2.24) is 9.97 Å². The minimum atomic E-state index is -0.517. The van der Waals surface area contributed by atoms with Crippen LogP contribution in [0.4, 0.5) is 5.82 Å². The Bertz CT molecular complexity index is 365. The molecule has 0 saturated carbocycles. The molecule has 0 radical (unpaired) electrons. The van der Waals surface area contributed by atoms with Crippen molar-refractivity contribution in [3.63, 3.8) is 0 Å². The number of carbonyl (C=O) groups is 1. The van der Waals surface area contributed by atoms with E-state index in [-0.39, 0.29) is 5.82 Å². The quantitative estimate of drug-likeness (QED) is 0.768. The molecule has 0 amide bonds. The van der Waals surface area contributed by atoms with E-state index in [1.165, 1.54) is 7.11 Å². The van der Waals surface area contributed by atoms with E-state index in [0.717, 1.165) is 19.4 Å². The molecule has 0 aromatic carbocycles. The zero-order valence-electron chi connectivity index (χ0n) is 10.6. The Kier molecular flexibility index (Phi) is 5.39. The van der Waals surface area contributed by atoms with E-state index < -0.39 is 5.97 Å². The Balaban J connectivity index is 2.62. The average molecular weight is 237 g/mol. The van der Waals surface area contributed by atoms with E-state index in [0.29, 0.717) is 11.7 Å². The number of esters is 1. The van der Waals surface area contributed by atoms with Crippen LogP contribution in [0.3, 0.4) is 0 Å². The van der Waals surface area contributed by atoms with Gasteiger partial charge in [0, 0.05) is 12.7 Å². The van der Waals surface area contributed by atoms with Crippen LogP contribution in [-0.4, -0.2) is 29.6 Å². The van der Waals surface area contributed by atoms with Crippen molar-refractivity contribution in [2.24, 2.45) is 5.92 Å². The van der Waals surface area contributed by atoms with Crippen molar-refractivity contribution in [3.8, 4) is 0 Å². The number of carbonyl (C=O) groups excluding carboxylic acids is 1. The summed E-state index contributed by atoms with van der Waals surface area (Å²) in [7, 11) is 1.32. The maximum absolute atomic E-state index is 11.2. The monoisotopic (exact) mass is 237 g/mol. The van der Waals surface area contributed by atoms with Crippen molar-refractivity contribution >= 4 is 11.8 Å².